The number of esters is 1. The summed E-state index contributed by atoms with van der Waals surface area (Å²) in [7, 11) is 0. The van der Waals surface area contributed by atoms with Gasteiger partial charge < -0.3 is 14.6 Å². The normalized spacial score (nSPS) is 11.5. The second kappa shape index (κ2) is 8.88. The topological polar surface area (TPSA) is 94.4 Å². The quantitative estimate of drug-likeness (QED) is 0.384. The smallest absolute Gasteiger partial charge is 0.335 e. The predicted octanol–water partition coefficient (Wildman–Crippen LogP) is 3.02. The molecular formula is C21H19N3O4. The first-order valence-electron chi connectivity index (χ1n) is 8.57. The molecule has 0 saturated carbocycles. The molecule has 7 heteroatoms. The van der Waals surface area contributed by atoms with E-state index in [0.717, 1.165) is 11.1 Å². The van der Waals surface area contributed by atoms with Crippen LogP contribution in [0.4, 0.5) is 0 Å². The number of ether oxygens (including phenoxy) is 2. The first-order valence-corrected chi connectivity index (χ1v) is 8.57. The minimum atomic E-state index is -1.47. The molecule has 1 N–H and O–H groups in total. The van der Waals surface area contributed by atoms with Crippen molar-refractivity contribution < 1.29 is 19.4 Å². The van der Waals surface area contributed by atoms with Crippen LogP contribution in [0.2, 0.25) is 0 Å². The molecule has 0 aliphatic rings. The Labute approximate surface area is 162 Å². The molecule has 0 aliphatic heterocycles. The van der Waals surface area contributed by atoms with Crippen molar-refractivity contribution in [2.45, 2.75) is 13.2 Å². The lowest BCUT2D eigenvalue weighted by Crippen LogP contribution is -2.25. The van der Waals surface area contributed by atoms with Gasteiger partial charge in [-0.3, -0.25) is 0 Å². The zero-order chi connectivity index (χ0) is 19.9. The van der Waals surface area contributed by atoms with Crippen molar-refractivity contribution in [3.8, 4) is 28.8 Å². The first-order chi connectivity index (χ1) is 13.5. The Morgan fingerprint density at radius 1 is 0.964 bits per heavy atom. The van der Waals surface area contributed by atoms with Gasteiger partial charge in [-0.25, -0.2) is 9.78 Å². The number of nitrogens with zero attached hydrogens (tertiary/aromatic N) is 3. The highest BCUT2D eigenvalue weighted by atomic mass is 16.7. The van der Waals surface area contributed by atoms with E-state index < -0.39 is 12.3 Å². The highest BCUT2D eigenvalue weighted by Crippen LogP contribution is 2.22. The predicted molar refractivity (Wildman–Crippen MR) is 103 cm³/mol. The van der Waals surface area contributed by atoms with E-state index in [9.17, 15) is 9.90 Å². The van der Waals surface area contributed by atoms with E-state index in [0.29, 0.717) is 11.6 Å². The van der Waals surface area contributed by atoms with Crippen LogP contribution in [0, 0.1) is 0 Å². The molecule has 1 atom stereocenters. The van der Waals surface area contributed by atoms with Crippen molar-refractivity contribution in [3.63, 3.8) is 0 Å². The number of carbonyl (C=O) groups is 1. The summed E-state index contributed by atoms with van der Waals surface area (Å²) in [6.45, 7) is 4.62. The van der Waals surface area contributed by atoms with Crippen molar-refractivity contribution in [3.05, 3.63) is 72.8 Å². The van der Waals surface area contributed by atoms with Crippen molar-refractivity contribution in [2.75, 3.05) is 6.61 Å². The fraction of sp³-hybridized carbons (Fsp3) is 0.143. The molecule has 3 aromatic rings. The molecule has 1 heterocycles. The molecule has 0 aliphatic carbocycles. The van der Waals surface area contributed by atoms with Crippen molar-refractivity contribution in [1.82, 2.24) is 15.0 Å². The van der Waals surface area contributed by atoms with Crippen LogP contribution in [0.25, 0.3) is 22.8 Å². The minimum Gasteiger partial charge on any atom is -0.457 e. The van der Waals surface area contributed by atoms with E-state index in [1.807, 2.05) is 60.7 Å². The average molecular weight is 377 g/mol. The van der Waals surface area contributed by atoms with Gasteiger partial charge in [-0.2, -0.15) is 9.97 Å². The Morgan fingerprint density at radius 2 is 1.46 bits per heavy atom. The number of benzene rings is 2. The molecule has 2 aromatic carbocycles. The number of hydrogen-bond acceptors (Lipinski definition) is 7. The summed E-state index contributed by atoms with van der Waals surface area (Å²) in [6.07, 6.45) is -1.47. The molecule has 7 nitrogen and oxygen atoms in total. The lowest BCUT2D eigenvalue weighted by Gasteiger charge is -2.13. The van der Waals surface area contributed by atoms with Gasteiger partial charge in [-0.1, -0.05) is 67.2 Å². The lowest BCUT2D eigenvalue weighted by atomic mass is 10.2. The van der Waals surface area contributed by atoms with Crippen LogP contribution in [0.3, 0.4) is 0 Å². The van der Waals surface area contributed by atoms with Gasteiger partial charge in [-0.15, -0.1) is 0 Å². The minimum absolute atomic E-state index is 0.0122. The maximum absolute atomic E-state index is 11.5. The lowest BCUT2D eigenvalue weighted by molar-refractivity contribution is -0.167. The molecule has 0 spiro atoms. The van der Waals surface area contributed by atoms with E-state index in [1.54, 1.807) is 0 Å². The third-order valence-electron chi connectivity index (χ3n) is 3.63. The monoisotopic (exact) mass is 377 g/mol. The molecule has 0 fully saturated rings. The number of hydrogen-bond donors (Lipinski definition) is 1. The maximum atomic E-state index is 11.5. The Hall–Kier alpha value is -3.58. The summed E-state index contributed by atoms with van der Waals surface area (Å²) in [6, 6.07) is 18.8. The average Bonchev–Trinajstić information content (AvgIpc) is 2.73. The molecule has 0 amide bonds. The van der Waals surface area contributed by atoms with Crippen molar-refractivity contribution >= 4 is 5.97 Å². The standard InChI is InChI=1S/C21H19N3O4/c1-14(2)20(26)28-17(25)13-27-21-23-18(15-9-5-3-6-10-15)22-19(24-21)16-11-7-4-8-12-16/h3-12,17,25H,1,13H2,2H3. The molecule has 1 aromatic heterocycles. The van der Waals surface area contributed by atoms with Gasteiger partial charge in [0.15, 0.2) is 18.3 Å². The van der Waals surface area contributed by atoms with Gasteiger partial charge in [0.25, 0.3) is 0 Å². The number of aliphatic hydroxyl groups excluding tert-OH is 1. The molecule has 0 saturated heterocycles. The Bertz CT molecular complexity index is 904. The molecule has 142 valence electrons. The molecule has 0 bridgehead atoms. The zero-order valence-electron chi connectivity index (χ0n) is 15.3. The van der Waals surface area contributed by atoms with Gasteiger partial charge >= 0.3 is 12.0 Å². The van der Waals surface area contributed by atoms with Crippen LogP contribution in [0.5, 0.6) is 6.01 Å². The largest absolute Gasteiger partial charge is 0.457 e. The Balaban J connectivity index is 1.86. The summed E-state index contributed by atoms with van der Waals surface area (Å²) in [5.74, 6) is 0.150. The van der Waals surface area contributed by atoms with Gasteiger partial charge in [-0.05, 0) is 6.92 Å². The zero-order valence-corrected chi connectivity index (χ0v) is 15.3. The summed E-state index contributed by atoms with van der Waals surface area (Å²) in [5.41, 5.74) is 1.76. The van der Waals surface area contributed by atoms with Gasteiger partial charge in [0.05, 0.1) is 0 Å². The fourth-order valence-corrected chi connectivity index (χ4v) is 2.26. The van der Waals surface area contributed by atoms with Crippen LogP contribution >= 0.6 is 0 Å². The summed E-state index contributed by atoms with van der Waals surface area (Å²) in [5, 5.41) is 9.82. The Kier molecular flexibility index (Phi) is 6.08. The van der Waals surface area contributed by atoms with E-state index >= 15 is 0 Å². The van der Waals surface area contributed by atoms with E-state index in [-0.39, 0.29) is 18.2 Å². The van der Waals surface area contributed by atoms with Gasteiger partial charge in [0, 0.05) is 16.7 Å². The highest BCUT2D eigenvalue weighted by Gasteiger charge is 2.15. The van der Waals surface area contributed by atoms with Crippen LogP contribution in [-0.2, 0) is 9.53 Å². The van der Waals surface area contributed by atoms with Crippen LogP contribution in [0.1, 0.15) is 6.92 Å². The molecule has 0 radical (unpaired) electrons. The fourth-order valence-electron chi connectivity index (χ4n) is 2.26. The van der Waals surface area contributed by atoms with Crippen molar-refractivity contribution in [2.24, 2.45) is 0 Å². The van der Waals surface area contributed by atoms with E-state index in [4.69, 9.17) is 9.47 Å². The SMILES string of the molecule is C=C(C)C(=O)OC(O)COc1nc(-c2ccccc2)nc(-c2ccccc2)n1. The molecule has 28 heavy (non-hydrogen) atoms. The maximum Gasteiger partial charge on any atom is 0.335 e. The highest BCUT2D eigenvalue weighted by molar-refractivity contribution is 5.87. The van der Waals surface area contributed by atoms with Gasteiger partial charge in [0.2, 0.25) is 6.29 Å². The Morgan fingerprint density at radius 3 is 1.93 bits per heavy atom. The second-order valence-electron chi connectivity index (χ2n) is 5.95. The number of carbonyl (C=O) groups excluding carboxylic acids is 1. The number of rotatable bonds is 7. The third kappa shape index (κ3) is 4.99. The molecule has 3 rings (SSSR count). The van der Waals surface area contributed by atoms with E-state index in [2.05, 4.69) is 21.5 Å². The van der Waals surface area contributed by atoms with Crippen LogP contribution < -0.4 is 4.74 Å². The summed E-state index contributed by atoms with van der Waals surface area (Å²) in [4.78, 5) is 24.6. The summed E-state index contributed by atoms with van der Waals surface area (Å²) < 4.78 is 10.2. The summed E-state index contributed by atoms with van der Waals surface area (Å²) >= 11 is 0. The molecule has 1 unspecified atom stereocenters. The van der Waals surface area contributed by atoms with Crippen molar-refractivity contribution in [1.29, 1.82) is 0 Å². The van der Waals surface area contributed by atoms with Crippen LogP contribution in [0.15, 0.2) is 72.8 Å². The number of aromatic nitrogens is 3. The van der Waals surface area contributed by atoms with E-state index in [1.165, 1.54) is 6.92 Å². The first kappa shape index (κ1) is 19.2. The third-order valence-corrected chi connectivity index (χ3v) is 3.63. The molecular weight excluding hydrogens is 358 g/mol. The van der Waals surface area contributed by atoms with Crippen LogP contribution in [-0.4, -0.2) is 38.9 Å². The number of aliphatic hydroxyl groups is 1. The second-order valence-corrected chi connectivity index (χ2v) is 5.95. The van der Waals surface area contributed by atoms with Gasteiger partial charge in [0.1, 0.15) is 0 Å².